The second kappa shape index (κ2) is 5.51. The number of rotatable bonds is 3. The minimum atomic E-state index is -0.580. The summed E-state index contributed by atoms with van der Waals surface area (Å²) < 4.78 is 17.2. The zero-order chi connectivity index (χ0) is 11.3. The fourth-order valence-corrected chi connectivity index (χ4v) is 1.14. The standard InChI is InChI=1S/C11H10ClFO2/c1-2-15-11(14)10(12)7-8-3-5-9(13)6-4-8/h3-7H,2H2,1H3. The summed E-state index contributed by atoms with van der Waals surface area (Å²) in [5.74, 6) is -0.914. The van der Waals surface area contributed by atoms with E-state index in [9.17, 15) is 9.18 Å². The minimum absolute atomic E-state index is 0.0246. The zero-order valence-electron chi connectivity index (χ0n) is 8.17. The number of hydrogen-bond acceptors (Lipinski definition) is 2. The maximum absolute atomic E-state index is 12.6. The molecule has 4 heteroatoms. The van der Waals surface area contributed by atoms with Crippen LogP contribution in [0, 0.1) is 5.82 Å². The molecule has 0 bridgehead atoms. The van der Waals surface area contributed by atoms with Crippen molar-refractivity contribution < 1.29 is 13.9 Å². The first kappa shape index (κ1) is 11.7. The van der Waals surface area contributed by atoms with Gasteiger partial charge in [-0.15, -0.1) is 0 Å². The van der Waals surface area contributed by atoms with Gasteiger partial charge in [-0.1, -0.05) is 23.7 Å². The van der Waals surface area contributed by atoms with E-state index in [0.717, 1.165) is 0 Å². The minimum Gasteiger partial charge on any atom is -0.462 e. The van der Waals surface area contributed by atoms with Gasteiger partial charge in [-0.2, -0.15) is 0 Å². The lowest BCUT2D eigenvalue weighted by atomic mass is 10.2. The van der Waals surface area contributed by atoms with Crippen LogP contribution in [-0.4, -0.2) is 12.6 Å². The lowest BCUT2D eigenvalue weighted by Gasteiger charge is -1.99. The molecule has 0 heterocycles. The Kier molecular flexibility index (Phi) is 4.31. The van der Waals surface area contributed by atoms with Crippen LogP contribution >= 0.6 is 11.6 Å². The molecule has 0 atom stereocenters. The fraction of sp³-hybridized carbons (Fsp3) is 0.182. The molecule has 0 aliphatic heterocycles. The molecule has 0 aliphatic rings. The first-order valence-corrected chi connectivity index (χ1v) is 4.81. The fourth-order valence-electron chi connectivity index (χ4n) is 0.964. The van der Waals surface area contributed by atoms with E-state index in [2.05, 4.69) is 4.74 Å². The topological polar surface area (TPSA) is 26.3 Å². The van der Waals surface area contributed by atoms with Crippen LogP contribution in [0.2, 0.25) is 0 Å². The Morgan fingerprint density at radius 2 is 2.07 bits per heavy atom. The van der Waals surface area contributed by atoms with Gasteiger partial charge in [0.15, 0.2) is 0 Å². The van der Waals surface area contributed by atoms with Gasteiger partial charge in [0.2, 0.25) is 0 Å². The normalized spacial score (nSPS) is 11.3. The number of ether oxygens (including phenoxy) is 1. The van der Waals surface area contributed by atoms with Crippen LogP contribution < -0.4 is 0 Å². The second-order valence-corrected chi connectivity index (χ2v) is 3.17. The van der Waals surface area contributed by atoms with Crippen LogP contribution in [0.5, 0.6) is 0 Å². The summed E-state index contributed by atoms with van der Waals surface area (Å²) in [6, 6.07) is 5.64. The first-order valence-electron chi connectivity index (χ1n) is 4.43. The summed E-state index contributed by atoms with van der Waals surface area (Å²) in [4.78, 5) is 11.1. The Morgan fingerprint density at radius 1 is 1.47 bits per heavy atom. The van der Waals surface area contributed by atoms with Gasteiger partial charge >= 0.3 is 5.97 Å². The molecule has 1 aromatic rings. The van der Waals surface area contributed by atoms with Crippen molar-refractivity contribution in [3.8, 4) is 0 Å². The molecule has 0 N–H and O–H groups in total. The third-order valence-corrected chi connectivity index (χ3v) is 1.90. The van der Waals surface area contributed by atoms with E-state index in [-0.39, 0.29) is 17.5 Å². The molecule has 0 saturated heterocycles. The second-order valence-electron chi connectivity index (χ2n) is 2.76. The Labute approximate surface area is 92.3 Å². The van der Waals surface area contributed by atoms with Crippen molar-refractivity contribution in [1.82, 2.24) is 0 Å². The number of carbonyl (C=O) groups excluding carboxylic acids is 1. The van der Waals surface area contributed by atoms with Gasteiger partial charge in [-0.25, -0.2) is 9.18 Å². The zero-order valence-corrected chi connectivity index (χ0v) is 8.92. The molecule has 15 heavy (non-hydrogen) atoms. The van der Waals surface area contributed by atoms with Crippen LogP contribution in [0.1, 0.15) is 12.5 Å². The molecule has 0 radical (unpaired) electrons. The van der Waals surface area contributed by atoms with Crippen molar-refractivity contribution in [1.29, 1.82) is 0 Å². The Hall–Kier alpha value is -1.35. The number of benzene rings is 1. The highest BCUT2D eigenvalue weighted by Gasteiger charge is 2.06. The third-order valence-electron chi connectivity index (χ3n) is 1.63. The molecule has 0 aromatic heterocycles. The van der Waals surface area contributed by atoms with E-state index in [4.69, 9.17) is 11.6 Å². The lowest BCUT2D eigenvalue weighted by Crippen LogP contribution is -2.03. The molecular weight excluding hydrogens is 219 g/mol. The van der Waals surface area contributed by atoms with Gasteiger partial charge in [-0.05, 0) is 30.7 Å². The number of halogens is 2. The van der Waals surface area contributed by atoms with Crippen molar-refractivity contribution in [2.75, 3.05) is 6.61 Å². The summed E-state index contributed by atoms with van der Waals surface area (Å²) in [6.07, 6.45) is 1.43. The number of esters is 1. The van der Waals surface area contributed by atoms with Crippen LogP contribution in [0.4, 0.5) is 4.39 Å². The molecule has 0 amide bonds. The Morgan fingerprint density at radius 3 is 2.60 bits per heavy atom. The van der Waals surface area contributed by atoms with E-state index in [1.54, 1.807) is 6.92 Å². The van der Waals surface area contributed by atoms with Crippen molar-refractivity contribution >= 4 is 23.6 Å². The average Bonchev–Trinajstić information content (AvgIpc) is 2.22. The van der Waals surface area contributed by atoms with Gasteiger partial charge in [0.05, 0.1) is 6.61 Å². The van der Waals surface area contributed by atoms with Crippen molar-refractivity contribution in [3.63, 3.8) is 0 Å². The predicted molar refractivity (Wildman–Crippen MR) is 56.9 cm³/mol. The van der Waals surface area contributed by atoms with Gasteiger partial charge in [0.25, 0.3) is 0 Å². The van der Waals surface area contributed by atoms with Crippen LogP contribution in [0.3, 0.4) is 0 Å². The van der Waals surface area contributed by atoms with E-state index in [0.29, 0.717) is 5.56 Å². The smallest absolute Gasteiger partial charge is 0.349 e. The highest BCUT2D eigenvalue weighted by Crippen LogP contribution is 2.12. The summed E-state index contributed by atoms with van der Waals surface area (Å²) in [7, 11) is 0. The van der Waals surface area contributed by atoms with Crippen LogP contribution in [0.15, 0.2) is 29.3 Å². The van der Waals surface area contributed by atoms with E-state index in [1.165, 1.54) is 30.3 Å². The van der Waals surface area contributed by atoms with Gasteiger partial charge in [0.1, 0.15) is 10.8 Å². The summed E-state index contributed by atoms with van der Waals surface area (Å²) in [6.45, 7) is 1.96. The molecule has 2 nitrogen and oxygen atoms in total. The molecule has 1 aromatic carbocycles. The van der Waals surface area contributed by atoms with Gasteiger partial charge in [0, 0.05) is 0 Å². The van der Waals surface area contributed by atoms with E-state index < -0.39 is 5.97 Å². The highest BCUT2D eigenvalue weighted by atomic mass is 35.5. The molecule has 0 saturated carbocycles. The predicted octanol–water partition coefficient (Wildman–Crippen LogP) is 2.97. The molecule has 0 unspecified atom stereocenters. The van der Waals surface area contributed by atoms with Crippen molar-refractivity contribution in [2.45, 2.75) is 6.92 Å². The molecule has 0 aliphatic carbocycles. The first-order chi connectivity index (χ1) is 7.13. The molecule has 0 spiro atoms. The van der Waals surface area contributed by atoms with Crippen LogP contribution in [0.25, 0.3) is 6.08 Å². The maximum atomic E-state index is 12.6. The summed E-state index contributed by atoms with van der Waals surface area (Å²) in [5.41, 5.74) is 0.648. The summed E-state index contributed by atoms with van der Waals surface area (Å²) >= 11 is 5.68. The largest absolute Gasteiger partial charge is 0.462 e. The average molecular weight is 229 g/mol. The maximum Gasteiger partial charge on any atom is 0.349 e. The number of hydrogen-bond donors (Lipinski definition) is 0. The lowest BCUT2D eigenvalue weighted by molar-refractivity contribution is -0.137. The van der Waals surface area contributed by atoms with Crippen LogP contribution in [-0.2, 0) is 9.53 Å². The van der Waals surface area contributed by atoms with Crippen molar-refractivity contribution in [3.05, 3.63) is 40.7 Å². The Bertz CT molecular complexity index is 371. The quantitative estimate of drug-likeness (QED) is 0.587. The summed E-state index contributed by atoms with van der Waals surface area (Å²) in [5, 5.41) is -0.0246. The van der Waals surface area contributed by atoms with E-state index in [1.807, 2.05) is 0 Å². The van der Waals surface area contributed by atoms with Crippen molar-refractivity contribution in [2.24, 2.45) is 0 Å². The molecule has 1 rings (SSSR count). The monoisotopic (exact) mass is 228 g/mol. The molecule has 0 fully saturated rings. The van der Waals surface area contributed by atoms with E-state index >= 15 is 0 Å². The van der Waals surface area contributed by atoms with Gasteiger partial charge in [-0.3, -0.25) is 0 Å². The van der Waals surface area contributed by atoms with Gasteiger partial charge < -0.3 is 4.74 Å². The number of carbonyl (C=O) groups is 1. The Balaban J connectivity index is 2.78. The highest BCUT2D eigenvalue weighted by molar-refractivity contribution is 6.43. The molecule has 80 valence electrons. The third kappa shape index (κ3) is 3.72. The SMILES string of the molecule is CCOC(=O)C(Cl)=Cc1ccc(F)cc1. The molecular formula is C11H10ClFO2.